The number of nitrogens with two attached hydrogens (primary N) is 1. The van der Waals surface area contributed by atoms with E-state index in [1.807, 2.05) is 42.5 Å². The van der Waals surface area contributed by atoms with Crippen molar-refractivity contribution < 1.29 is 0 Å². The van der Waals surface area contributed by atoms with Crippen LogP contribution in [0.2, 0.25) is 0 Å². The van der Waals surface area contributed by atoms with Crippen molar-refractivity contribution in [1.29, 1.82) is 0 Å². The molecule has 0 amide bonds. The Kier molecular flexibility index (Phi) is 2.71. The first kappa shape index (κ1) is 7.03. The normalized spacial score (nSPS) is 10.5. The number of hydrogen-bond acceptors (Lipinski definition) is 1. The summed E-state index contributed by atoms with van der Waals surface area (Å²) in [5.41, 5.74) is 6.49. The lowest BCUT2D eigenvalue weighted by molar-refractivity contribution is 1.26. The van der Waals surface area contributed by atoms with Gasteiger partial charge < -0.3 is 5.73 Å². The van der Waals surface area contributed by atoms with Crippen LogP contribution in [0.1, 0.15) is 5.56 Å². The van der Waals surface area contributed by atoms with Gasteiger partial charge in [0, 0.05) is 6.54 Å². The highest BCUT2D eigenvalue weighted by Gasteiger charge is 1.79. The van der Waals surface area contributed by atoms with Gasteiger partial charge in [-0.1, -0.05) is 42.5 Å². The van der Waals surface area contributed by atoms with Gasteiger partial charge in [-0.3, -0.25) is 0 Å². The quantitative estimate of drug-likeness (QED) is 0.652. The first-order valence-corrected chi connectivity index (χ1v) is 3.35. The van der Waals surface area contributed by atoms with Crippen molar-refractivity contribution in [3.8, 4) is 0 Å². The molecule has 0 aliphatic heterocycles. The maximum Gasteiger partial charge on any atom is 0.0110 e. The largest absolute Gasteiger partial charge is 0.327 e. The first-order chi connectivity index (χ1) is 4.93. The summed E-state index contributed by atoms with van der Waals surface area (Å²) in [4.78, 5) is 0. The predicted octanol–water partition coefficient (Wildman–Crippen LogP) is 1.66. The fourth-order valence-corrected chi connectivity index (χ4v) is 0.768. The Morgan fingerprint density at radius 2 is 1.90 bits per heavy atom. The number of benzene rings is 1. The maximum absolute atomic E-state index is 5.29. The topological polar surface area (TPSA) is 26.0 Å². The van der Waals surface area contributed by atoms with E-state index in [2.05, 4.69) is 0 Å². The third-order valence-corrected chi connectivity index (χ3v) is 1.25. The molecule has 0 atom stereocenters. The van der Waals surface area contributed by atoms with Gasteiger partial charge in [0.25, 0.3) is 0 Å². The standard InChI is InChI=1S/C9H11N/c10-8-4-7-9-5-2-1-3-6-9/h1-7H,8,10H2. The Bertz CT molecular complexity index is 201. The van der Waals surface area contributed by atoms with Gasteiger partial charge >= 0.3 is 0 Å². The number of hydrogen-bond donors (Lipinski definition) is 1. The van der Waals surface area contributed by atoms with Crippen molar-refractivity contribution >= 4 is 6.08 Å². The molecule has 0 saturated carbocycles. The fourth-order valence-electron chi connectivity index (χ4n) is 0.768. The highest BCUT2D eigenvalue weighted by molar-refractivity contribution is 5.48. The summed E-state index contributed by atoms with van der Waals surface area (Å²) < 4.78 is 0. The van der Waals surface area contributed by atoms with Crippen LogP contribution in [0.5, 0.6) is 0 Å². The molecule has 52 valence electrons. The summed E-state index contributed by atoms with van der Waals surface area (Å²) in [5.74, 6) is 0. The van der Waals surface area contributed by atoms with Gasteiger partial charge in [0.2, 0.25) is 0 Å². The van der Waals surface area contributed by atoms with E-state index in [4.69, 9.17) is 5.73 Å². The molecule has 0 spiro atoms. The van der Waals surface area contributed by atoms with Crippen molar-refractivity contribution in [3.63, 3.8) is 0 Å². The van der Waals surface area contributed by atoms with Gasteiger partial charge in [0.15, 0.2) is 0 Å². The zero-order valence-corrected chi connectivity index (χ0v) is 5.83. The molecule has 2 N–H and O–H groups in total. The van der Waals surface area contributed by atoms with Crippen molar-refractivity contribution in [2.45, 2.75) is 0 Å². The van der Waals surface area contributed by atoms with Gasteiger partial charge in [0.05, 0.1) is 0 Å². The average Bonchev–Trinajstić information content (AvgIpc) is 2.03. The Hall–Kier alpha value is -1.08. The minimum absolute atomic E-state index is 0.606. The summed E-state index contributed by atoms with van der Waals surface area (Å²) in [7, 11) is 0. The molecule has 0 unspecified atom stereocenters. The van der Waals surface area contributed by atoms with E-state index in [-0.39, 0.29) is 0 Å². The molecular weight excluding hydrogens is 122 g/mol. The van der Waals surface area contributed by atoms with E-state index >= 15 is 0 Å². The molecular formula is C9H11N. The molecule has 0 aliphatic rings. The molecule has 0 aromatic heterocycles. The summed E-state index contributed by atoms with van der Waals surface area (Å²) in [6, 6.07) is 10.1. The lowest BCUT2D eigenvalue weighted by Gasteiger charge is -1.88. The predicted molar refractivity (Wildman–Crippen MR) is 44.5 cm³/mol. The maximum atomic E-state index is 5.29. The van der Waals surface area contributed by atoms with Gasteiger partial charge in [-0.25, -0.2) is 0 Å². The summed E-state index contributed by atoms with van der Waals surface area (Å²) in [5, 5.41) is 0. The Balaban J connectivity index is 2.67. The molecule has 0 aliphatic carbocycles. The van der Waals surface area contributed by atoms with Crippen LogP contribution in [-0.4, -0.2) is 6.54 Å². The molecule has 10 heavy (non-hydrogen) atoms. The summed E-state index contributed by atoms with van der Waals surface area (Å²) in [6.07, 6.45) is 3.95. The van der Waals surface area contributed by atoms with E-state index in [1.165, 1.54) is 5.56 Å². The van der Waals surface area contributed by atoms with Gasteiger partial charge in [-0.05, 0) is 5.56 Å². The lowest BCUT2D eigenvalue weighted by Crippen LogP contribution is -1.91. The fraction of sp³-hybridized carbons (Fsp3) is 0.111. The molecule has 1 aromatic rings. The smallest absolute Gasteiger partial charge is 0.0110 e. The molecule has 0 radical (unpaired) electrons. The number of rotatable bonds is 2. The van der Waals surface area contributed by atoms with Crippen molar-refractivity contribution in [3.05, 3.63) is 42.0 Å². The van der Waals surface area contributed by atoms with Crippen molar-refractivity contribution in [2.24, 2.45) is 5.73 Å². The van der Waals surface area contributed by atoms with Crippen molar-refractivity contribution in [2.75, 3.05) is 6.54 Å². The van der Waals surface area contributed by atoms with Crippen LogP contribution in [0.15, 0.2) is 36.4 Å². The Labute approximate surface area is 61.2 Å². The summed E-state index contributed by atoms with van der Waals surface area (Å²) >= 11 is 0. The lowest BCUT2D eigenvalue weighted by atomic mass is 10.2. The van der Waals surface area contributed by atoms with Crippen molar-refractivity contribution in [1.82, 2.24) is 0 Å². The first-order valence-electron chi connectivity index (χ1n) is 3.35. The highest BCUT2D eigenvalue weighted by Crippen LogP contribution is 1.99. The van der Waals surface area contributed by atoms with Crippen LogP contribution >= 0.6 is 0 Å². The molecule has 1 aromatic carbocycles. The van der Waals surface area contributed by atoms with Gasteiger partial charge in [-0.15, -0.1) is 0 Å². The van der Waals surface area contributed by atoms with E-state index in [0.29, 0.717) is 6.54 Å². The van der Waals surface area contributed by atoms with Crippen LogP contribution in [-0.2, 0) is 0 Å². The van der Waals surface area contributed by atoms with Crippen LogP contribution in [0.3, 0.4) is 0 Å². The van der Waals surface area contributed by atoms with E-state index < -0.39 is 0 Å². The third-order valence-electron chi connectivity index (χ3n) is 1.25. The Morgan fingerprint density at radius 3 is 2.50 bits per heavy atom. The van der Waals surface area contributed by atoms with Crippen LogP contribution in [0, 0.1) is 0 Å². The SMILES string of the molecule is NCC=Cc1ccccc1. The molecule has 1 nitrogen and oxygen atoms in total. The molecule has 0 fully saturated rings. The summed E-state index contributed by atoms with van der Waals surface area (Å²) in [6.45, 7) is 0.606. The highest BCUT2D eigenvalue weighted by atomic mass is 14.5. The second-order valence-corrected chi connectivity index (χ2v) is 2.05. The third kappa shape index (κ3) is 2.03. The molecule has 1 rings (SSSR count). The minimum Gasteiger partial charge on any atom is -0.327 e. The van der Waals surface area contributed by atoms with Crippen LogP contribution in [0.4, 0.5) is 0 Å². The molecule has 1 heteroatoms. The molecule has 0 bridgehead atoms. The van der Waals surface area contributed by atoms with Crippen LogP contribution < -0.4 is 5.73 Å². The zero-order valence-electron chi connectivity index (χ0n) is 5.83. The van der Waals surface area contributed by atoms with E-state index in [0.717, 1.165) is 0 Å². The van der Waals surface area contributed by atoms with Gasteiger partial charge in [-0.2, -0.15) is 0 Å². The second kappa shape index (κ2) is 3.85. The molecule has 0 saturated heterocycles. The van der Waals surface area contributed by atoms with E-state index in [1.54, 1.807) is 0 Å². The monoisotopic (exact) mass is 133 g/mol. The Morgan fingerprint density at radius 1 is 1.20 bits per heavy atom. The average molecular weight is 133 g/mol. The van der Waals surface area contributed by atoms with Crippen LogP contribution in [0.25, 0.3) is 6.08 Å². The van der Waals surface area contributed by atoms with E-state index in [9.17, 15) is 0 Å². The zero-order chi connectivity index (χ0) is 7.23. The minimum atomic E-state index is 0.606. The van der Waals surface area contributed by atoms with Gasteiger partial charge in [0.1, 0.15) is 0 Å². The second-order valence-electron chi connectivity index (χ2n) is 2.05. The molecule has 0 heterocycles.